The zero-order valence-electron chi connectivity index (χ0n) is 20.6. The Kier molecular flexibility index (Phi) is 8.93. The zero-order chi connectivity index (χ0) is 27.1. The summed E-state index contributed by atoms with van der Waals surface area (Å²) in [6, 6.07) is 17.8. The number of benzene rings is 2. The lowest BCUT2D eigenvalue weighted by molar-refractivity contribution is -0.139. The Labute approximate surface area is 233 Å². The molecule has 38 heavy (non-hydrogen) atoms. The molecule has 0 spiro atoms. The van der Waals surface area contributed by atoms with Crippen molar-refractivity contribution in [1.82, 2.24) is 16.1 Å². The molecule has 3 aromatic rings. The maximum atomic E-state index is 12.7. The Hall–Kier alpha value is -3.96. The smallest absolute Gasteiger partial charge is 0.338 e. The van der Waals surface area contributed by atoms with Gasteiger partial charge < -0.3 is 24.5 Å². The molecule has 1 aliphatic rings. The molecule has 0 radical (unpaired) electrons. The molecule has 9 nitrogen and oxygen atoms in total. The molecule has 1 atom stereocenters. The predicted molar refractivity (Wildman–Crippen MR) is 150 cm³/mol. The second-order valence-corrected chi connectivity index (χ2v) is 9.44. The van der Waals surface area contributed by atoms with E-state index in [0.717, 1.165) is 10.0 Å². The van der Waals surface area contributed by atoms with E-state index in [0.29, 0.717) is 39.2 Å². The molecule has 196 valence electrons. The quantitative estimate of drug-likeness (QED) is 0.142. The predicted octanol–water partition coefficient (Wildman–Crippen LogP) is 4.59. The van der Waals surface area contributed by atoms with Crippen molar-refractivity contribution in [2.45, 2.75) is 19.9 Å². The van der Waals surface area contributed by atoms with Gasteiger partial charge in [0.1, 0.15) is 17.3 Å². The molecule has 1 aromatic heterocycles. The van der Waals surface area contributed by atoms with Crippen LogP contribution in [0.15, 0.2) is 85.9 Å². The summed E-state index contributed by atoms with van der Waals surface area (Å²) in [7, 11) is 0. The monoisotopic (exact) mass is 596 g/mol. The van der Waals surface area contributed by atoms with E-state index in [1.54, 1.807) is 38.1 Å². The van der Waals surface area contributed by atoms with Crippen LogP contribution in [0.25, 0.3) is 11.3 Å². The molecule has 4 rings (SSSR count). The number of allylic oxidation sites excluding steroid dienone is 1. The summed E-state index contributed by atoms with van der Waals surface area (Å²) in [5, 5.41) is 10.4. The maximum absolute atomic E-state index is 12.7. The minimum Gasteiger partial charge on any atom is -0.483 e. The number of carbonyl (C=O) groups is 2. The number of esters is 1. The van der Waals surface area contributed by atoms with E-state index >= 15 is 0 Å². The minimum atomic E-state index is -0.612. The standard InChI is InChI=1S/C27H25BrN4O5S/c1-3-35-26(34)24-16(2)30-27(38)31-25(24)20-6-4-5-7-22(20)36-15-23(33)32-29-14-19-12-13-21(37-19)17-8-10-18(28)11-9-17/h4-14,25H,3,15H2,1-2H3,(H,32,33)(H2,30,31,38)/t25-/m1/s1. The van der Waals surface area contributed by atoms with Crippen LogP contribution in [0.1, 0.15) is 31.2 Å². The topological polar surface area (TPSA) is 114 Å². The summed E-state index contributed by atoms with van der Waals surface area (Å²) in [6.45, 7) is 3.42. The number of ether oxygens (including phenoxy) is 2. The summed E-state index contributed by atoms with van der Waals surface area (Å²) in [5.41, 5.74) is 4.94. The van der Waals surface area contributed by atoms with Gasteiger partial charge >= 0.3 is 5.97 Å². The van der Waals surface area contributed by atoms with E-state index in [1.165, 1.54) is 6.21 Å². The van der Waals surface area contributed by atoms with E-state index < -0.39 is 17.9 Å². The lowest BCUT2D eigenvalue weighted by atomic mass is 9.95. The molecule has 0 saturated heterocycles. The molecule has 0 unspecified atom stereocenters. The molecule has 2 aromatic carbocycles. The highest BCUT2D eigenvalue weighted by molar-refractivity contribution is 9.10. The summed E-state index contributed by atoms with van der Waals surface area (Å²) in [4.78, 5) is 25.1. The van der Waals surface area contributed by atoms with Crippen LogP contribution in [-0.2, 0) is 14.3 Å². The van der Waals surface area contributed by atoms with Crippen molar-refractivity contribution >= 4 is 51.4 Å². The normalized spacial score (nSPS) is 15.1. The van der Waals surface area contributed by atoms with Gasteiger partial charge in [0.05, 0.1) is 24.4 Å². The molecule has 0 fully saturated rings. The van der Waals surface area contributed by atoms with E-state index in [9.17, 15) is 9.59 Å². The summed E-state index contributed by atoms with van der Waals surface area (Å²) in [5.74, 6) is 0.634. The lowest BCUT2D eigenvalue weighted by Crippen LogP contribution is -2.45. The van der Waals surface area contributed by atoms with E-state index in [1.807, 2.05) is 36.4 Å². The van der Waals surface area contributed by atoms with Crippen LogP contribution in [0.5, 0.6) is 5.75 Å². The first kappa shape index (κ1) is 27.1. The number of furan rings is 1. The molecule has 11 heteroatoms. The van der Waals surface area contributed by atoms with Gasteiger partial charge in [0.2, 0.25) is 0 Å². The van der Waals surface area contributed by atoms with Crippen molar-refractivity contribution in [2.24, 2.45) is 5.10 Å². The molecule has 1 aliphatic heterocycles. The Morgan fingerprint density at radius 1 is 1.16 bits per heavy atom. The third-order valence-corrected chi connectivity index (χ3v) is 6.24. The van der Waals surface area contributed by atoms with E-state index in [4.69, 9.17) is 26.1 Å². The van der Waals surface area contributed by atoms with Gasteiger partial charge in [-0.2, -0.15) is 5.10 Å². The maximum Gasteiger partial charge on any atom is 0.338 e. The molecular weight excluding hydrogens is 572 g/mol. The number of carbonyl (C=O) groups excluding carboxylic acids is 2. The highest BCUT2D eigenvalue weighted by atomic mass is 79.9. The van der Waals surface area contributed by atoms with Gasteiger partial charge in [-0.05, 0) is 56.4 Å². The number of hydrogen-bond donors (Lipinski definition) is 3. The van der Waals surface area contributed by atoms with E-state index in [2.05, 4.69) is 37.1 Å². The highest BCUT2D eigenvalue weighted by Gasteiger charge is 2.32. The number of nitrogens with one attached hydrogen (secondary N) is 3. The van der Waals surface area contributed by atoms with Crippen LogP contribution >= 0.6 is 28.1 Å². The fraction of sp³-hybridized carbons (Fsp3) is 0.185. The van der Waals surface area contributed by atoms with Crippen LogP contribution in [-0.4, -0.2) is 36.4 Å². The lowest BCUT2D eigenvalue weighted by Gasteiger charge is -2.30. The fourth-order valence-electron chi connectivity index (χ4n) is 3.79. The Bertz CT molecular complexity index is 1400. The first-order valence-electron chi connectivity index (χ1n) is 11.7. The molecule has 3 N–H and O–H groups in total. The van der Waals surface area contributed by atoms with Crippen molar-refractivity contribution in [3.63, 3.8) is 0 Å². The van der Waals surface area contributed by atoms with Crippen molar-refractivity contribution in [3.8, 4) is 17.1 Å². The Balaban J connectivity index is 1.40. The summed E-state index contributed by atoms with van der Waals surface area (Å²) < 4.78 is 17.8. The molecule has 0 bridgehead atoms. The van der Waals surface area contributed by atoms with Crippen LogP contribution in [0.3, 0.4) is 0 Å². The Morgan fingerprint density at radius 2 is 1.92 bits per heavy atom. The highest BCUT2D eigenvalue weighted by Crippen LogP contribution is 2.33. The molecule has 2 heterocycles. The summed E-state index contributed by atoms with van der Waals surface area (Å²) >= 11 is 8.70. The third kappa shape index (κ3) is 6.67. The first-order valence-corrected chi connectivity index (χ1v) is 12.9. The average molecular weight is 597 g/mol. The van der Waals surface area contributed by atoms with Gasteiger partial charge in [0.15, 0.2) is 11.7 Å². The number of halogens is 1. The van der Waals surface area contributed by atoms with Gasteiger partial charge in [-0.1, -0.05) is 46.3 Å². The number of hydrazone groups is 1. The summed E-state index contributed by atoms with van der Waals surface area (Å²) in [6.07, 6.45) is 1.41. The van der Waals surface area contributed by atoms with Crippen LogP contribution in [0, 0.1) is 0 Å². The molecule has 0 saturated carbocycles. The number of rotatable bonds is 9. The number of para-hydroxylation sites is 1. The largest absolute Gasteiger partial charge is 0.483 e. The van der Waals surface area contributed by atoms with Gasteiger partial charge in [-0.3, -0.25) is 4.79 Å². The number of hydrogen-bond acceptors (Lipinski definition) is 7. The van der Waals surface area contributed by atoms with Gasteiger partial charge in [-0.25, -0.2) is 10.2 Å². The SMILES string of the molecule is CCOC(=O)C1=C(C)NC(=S)N[C@@H]1c1ccccc1OCC(=O)NN=Cc1ccc(-c2ccc(Br)cc2)o1. The van der Waals surface area contributed by atoms with Gasteiger partial charge in [0, 0.05) is 21.3 Å². The Morgan fingerprint density at radius 3 is 2.68 bits per heavy atom. The number of thiocarbonyl (C=S) groups is 1. The molecular formula is C27H25BrN4O5S. The minimum absolute atomic E-state index is 0.231. The second kappa shape index (κ2) is 12.5. The van der Waals surface area contributed by atoms with Gasteiger partial charge in [0.25, 0.3) is 5.91 Å². The molecule has 0 aliphatic carbocycles. The van der Waals surface area contributed by atoms with Crippen LogP contribution in [0.2, 0.25) is 0 Å². The first-order chi connectivity index (χ1) is 18.4. The van der Waals surface area contributed by atoms with Gasteiger partial charge in [-0.15, -0.1) is 0 Å². The number of amides is 1. The fourth-order valence-corrected chi connectivity index (χ4v) is 4.33. The van der Waals surface area contributed by atoms with Crippen molar-refractivity contribution in [2.75, 3.05) is 13.2 Å². The third-order valence-electron chi connectivity index (χ3n) is 5.49. The number of nitrogens with zero attached hydrogens (tertiary/aromatic N) is 1. The van der Waals surface area contributed by atoms with Crippen LogP contribution in [0.4, 0.5) is 0 Å². The van der Waals surface area contributed by atoms with Crippen molar-refractivity contribution in [3.05, 3.63) is 87.7 Å². The van der Waals surface area contributed by atoms with E-state index in [-0.39, 0.29) is 13.2 Å². The second-order valence-electron chi connectivity index (χ2n) is 8.12. The van der Waals surface area contributed by atoms with Crippen molar-refractivity contribution < 1.29 is 23.5 Å². The average Bonchev–Trinajstić information content (AvgIpc) is 3.36. The molecule has 1 amide bonds. The van der Waals surface area contributed by atoms with Crippen LogP contribution < -0.4 is 20.8 Å². The van der Waals surface area contributed by atoms with Crippen molar-refractivity contribution in [1.29, 1.82) is 0 Å². The zero-order valence-corrected chi connectivity index (χ0v) is 23.0.